The summed E-state index contributed by atoms with van der Waals surface area (Å²) >= 11 is 0. The number of amides is 1. The van der Waals surface area contributed by atoms with E-state index < -0.39 is 5.97 Å². The Bertz CT molecular complexity index is 933. The van der Waals surface area contributed by atoms with Gasteiger partial charge in [0.1, 0.15) is 5.03 Å². The summed E-state index contributed by atoms with van der Waals surface area (Å²) in [5.74, 6) is -0.666. The molecule has 0 aliphatic heterocycles. The van der Waals surface area contributed by atoms with E-state index in [9.17, 15) is 19.8 Å². The van der Waals surface area contributed by atoms with Crippen LogP contribution in [0.3, 0.4) is 0 Å². The molecule has 3 N–H and O–H groups in total. The highest BCUT2D eigenvalue weighted by molar-refractivity contribution is 8.76. The van der Waals surface area contributed by atoms with E-state index >= 15 is 0 Å². The second-order valence-corrected chi connectivity index (χ2v) is 10.2. The molecule has 2 heterocycles. The molecule has 2 aromatic rings. The molecule has 40 heavy (non-hydrogen) atoms. The summed E-state index contributed by atoms with van der Waals surface area (Å²) in [6, 6.07) is 8.16. The van der Waals surface area contributed by atoms with Crippen LogP contribution in [0.4, 0.5) is 0 Å². The Kier molecular flexibility index (Phi) is 18.7. The molecular formula is C25H37N3O10S2. The van der Waals surface area contributed by atoms with Crippen LogP contribution in [0.2, 0.25) is 0 Å². The van der Waals surface area contributed by atoms with Crippen LogP contribution in [0.5, 0.6) is 11.8 Å². The average Bonchev–Trinajstić information content (AvgIpc) is 3.27. The lowest BCUT2D eigenvalue weighted by Gasteiger charge is -2.08. The lowest BCUT2D eigenvalue weighted by atomic mass is 10.4. The first kappa shape index (κ1) is 33.7. The molecule has 2 rings (SSSR count). The summed E-state index contributed by atoms with van der Waals surface area (Å²) in [5, 5.41) is 22.6. The monoisotopic (exact) mass is 603 g/mol. The minimum atomic E-state index is -0.661. The largest absolute Gasteiger partial charge is 0.492 e. The molecule has 0 saturated heterocycles. The van der Waals surface area contributed by atoms with Crippen LogP contribution in [-0.2, 0) is 33.3 Å². The van der Waals surface area contributed by atoms with Gasteiger partial charge in [-0.3, -0.25) is 4.79 Å². The second kappa shape index (κ2) is 22.2. The Labute approximate surface area is 241 Å². The average molecular weight is 604 g/mol. The summed E-state index contributed by atoms with van der Waals surface area (Å²) in [7, 11) is 3.23. The highest BCUT2D eigenvalue weighted by Crippen LogP contribution is 2.28. The third-order valence-electron chi connectivity index (χ3n) is 4.69. The molecule has 224 valence electrons. The quantitative estimate of drug-likeness (QED) is 0.118. The molecule has 0 saturated carbocycles. The van der Waals surface area contributed by atoms with Crippen molar-refractivity contribution in [1.29, 1.82) is 0 Å². The lowest BCUT2D eigenvalue weighted by molar-refractivity contribution is -0.146. The third-order valence-corrected chi connectivity index (χ3v) is 6.96. The Morgan fingerprint density at radius 2 is 1.32 bits per heavy atom. The normalized spacial score (nSPS) is 11.0. The maximum atomic E-state index is 11.8. The van der Waals surface area contributed by atoms with E-state index in [0.29, 0.717) is 77.2 Å². The molecule has 0 aliphatic rings. The molecule has 0 aromatic carbocycles. The first-order chi connectivity index (χ1) is 19.6. The van der Waals surface area contributed by atoms with E-state index in [1.165, 1.54) is 12.1 Å². The van der Waals surface area contributed by atoms with Gasteiger partial charge in [0, 0.05) is 37.0 Å². The highest BCUT2D eigenvalue weighted by atomic mass is 33.1. The molecule has 2 aromatic heterocycles. The number of aromatic nitrogens is 2. The topological polar surface area (TPSA) is 160 Å². The van der Waals surface area contributed by atoms with Crippen molar-refractivity contribution in [1.82, 2.24) is 15.0 Å². The van der Waals surface area contributed by atoms with Crippen molar-refractivity contribution in [3.05, 3.63) is 36.5 Å². The van der Waals surface area contributed by atoms with Crippen molar-refractivity contribution in [3.63, 3.8) is 0 Å². The number of nitrogens with one attached hydrogen (secondary N) is 1. The number of hydrogen-bond donors (Lipinski definition) is 3. The zero-order valence-electron chi connectivity index (χ0n) is 22.2. The number of aromatic hydroxyl groups is 2. The molecule has 15 heteroatoms. The zero-order chi connectivity index (χ0) is 28.7. The minimum Gasteiger partial charge on any atom is -0.492 e. The number of ether oxygens (including phenoxy) is 5. The third kappa shape index (κ3) is 16.5. The zero-order valence-corrected chi connectivity index (χ0v) is 23.9. The van der Waals surface area contributed by atoms with E-state index in [-0.39, 0.29) is 30.7 Å². The number of hydrogen-bond acceptors (Lipinski definition) is 13. The van der Waals surface area contributed by atoms with Gasteiger partial charge in [0.05, 0.1) is 72.5 Å². The fraction of sp³-hybridized carbons (Fsp3) is 0.560. The molecule has 13 nitrogen and oxygen atoms in total. The fourth-order valence-electron chi connectivity index (χ4n) is 2.76. The molecule has 0 atom stereocenters. The summed E-state index contributed by atoms with van der Waals surface area (Å²) in [5.41, 5.74) is 0. The summed E-state index contributed by atoms with van der Waals surface area (Å²) in [6.07, 6.45) is 2.02. The molecule has 0 fully saturated rings. The van der Waals surface area contributed by atoms with Gasteiger partial charge in [-0.05, 0) is 22.9 Å². The van der Waals surface area contributed by atoms with E-state index in [1.807, 2.05) is 18.2 Å². The number of carbonyl (C=O) groups excluding carboxylic acids is 2. The number of nitrogens with zero attached hydrogens (tertiary/aromatic N) is 2. The van der Waals surface area contributed by atoms with Crippen LogP contribution in [0.15, 0.2) is 41.6 Å². The van der Waals surface area contributed by atoms with Gasteiger partial charge in [0.2, 0.25) is 17.7 Å². The van der Waals surface area contributed by atoms with Gasteiger partial charge in [0.15, 0.2) is 0 Å². The van der Waals surface area contributed by atoms with Gasteiger partial charge in [-0.15, -0.1) is 4.73 Å². The first-order valence-corrected chi connectivity index (χ1v) is 15.0. The molecule has 0 unspecified atom stereocenters. The van der Waals surface area contributed by atoms with E-state index in [2.05, 4.69) is 10.3 Å². The summed E-state index contributed by atoms with van der Waals surface area (Å²) in [6.45, 7) is 4.16. The van der Waals surface area contributed by atoms with Crippen molar-refractivity contribution < 1.29 is 48.3 Å². The van der Waals surface area contributed by atoms with Crippen LogP contribution >= 0.6 is 21.6 Å². The summed E-state index contributed by atoms with van der Waals surface area (Å²) in [4.78, 5) is 32.5. The van der Waals surface area contributed by atoms with E-state index in [1.54, 1.807) is 27.8 Å². The van der Waals surface area contributed by atoms with Crippen molar-refractivity contribution in [3.8, 4) is 11.8 Å². The summed E-state index contributed by atoms with van der Waals surface area (Å²) < 4.78 is 27.5. The molecule has 1 amide bonds. The molecule has 0 bridgehead atoms. The van der Waals surface area contributed by atoms with Gasteiger partial charge in [0.25, 0.3) is 0 Å². The van der Waals surface area contributed by atoms with Crippen molar-refractivity contribution in [2.24, 2.45) is 0 Å². The maximum absolute atomic E-state index is 11.8. The number of rotatable bonds is 24. The Morgan fingerprint density at radius 1 is 0.775 bits per heavy atom. The Morgan fingerprint density at radius 3 is 1.88 bits per heavy atom. The highest BCUT2D eigenvalue weighted by Gasteiger charge is 2.11. The fourth-order valence-corrected chi connectivity index (χ4v) is 4.55. The van der Waals surface area contributed by atoms with E-state index in [0.717, 1.165) is 10.8 Å². The van der Waals surface area contributed by atoms with Crippen LogP contribution in [0.1, 0.15) is 12.8 Å². The van der Waals surface area contributed by atoms with Crippen molar-refractivity contribution in [2.45, 2.75) is 17.9 Å². The number of pyridine rings is 1. The van der Waals surface area contributed by atoms with Gasteiger partial charge < -0.3 is 44.1 Å². The minimum absolute atomic E-state index is 0.0383. The smallest absolute Gasteiger partial charge is 0.335 e. The van der Waals surface area contributed by atoms with Gasteiger partial charge >= 0.3 is 5.97 Å². The van der Waals surface area contributed by atoms with Crippen LogP contribution in [0, 0.1) is 0 Å². The van der Waals surface area contributed by atoms with Gasteiger partial charge in [-0.2, -0.15) is 0 Å². The molecule has 0 radical (unpaired) electrons. The lowest BCUT2D eigenvalue weighted by Crippen LogP contribution is -2.26. The standard InChI is InChI=1S/C25H37N3O10S2/c29-21(26-9-20-39-40-22-3-1-2-8-27-22)6-10-33-12-14-35-16-18-37-19-17-36-15-13-34-11-7-25(32)38-28-23(30)4-5-24(28)31/h1-5,8,30-31H,6-7,9-20H2,(H,26,29). The SMILES string of the molecule is O=C(CCOCCOCCOCCOCCOCCC(=O)On1c(O)ccc1O)NCCSSc1ccccn1. The second-order valence-electron chi connectivity index (χ2n) is 7.79. The van der Waals surface area contributed by atoms with Crippen molar-refractivity contribution in [2.75, 3.05) is 78.4 Å². The predicted molar refractivity (Wildman–Crippen MR) is 148 cm³/mol. The Hall–Kier alpha value is -2.53. The van der Waals surface area contributed by atoms with E-state index in [4.69, 9.17) is 28.5 Å². The number of carbonyl (C=O) groups is 2. The molecule has 0 aliphatic carbocycles. The predicted octanol–water partition coefficient (Wildman–Crippen LogP) is 1.67. The van der Waals surface area contributed by atoms with Crippen LogP contribution < -0.4 is 10.2 Å². The maximum Gasteiger partial charge on any atom is 0.335 e. The van der Waals surface area contributed by atoms with Gasteiger partial charge in [-0.25, -0.2) is 9.78 Å². The molecular weight excluding hydrogens is 566 g/mol. The van der Waals surface area contributed by atoms with Crippen molar-refractivity contribution >= 4 is 33.5 Å². The first-order valence-electron chi connectivity index (χ1n) is 12.7. The van der Waals surface area contributed by atoms with Gasteiger partial charge in [-0.1, -0.05) is 16.9 Å². The van der Waals surface area contributed by atoms with Crippen LogP contribution in [-0.4, -0.2) is 110 Å². The molecule has 0 spiro atoms. The van der Waals surface area contributed by atoms with Crippen LogP contribution in [0.25, 0.3) is 0 Å². The Balaban J connectivity index is 1.24.